The second-order valence-corrected chi connectivity index (χ2v) is 8.18. The minimum absolute atomic E-state index is 0.0815. The molecule has 1 fully saturated rings. The summed E-state index contributed by atoms with van der Waals surface area (Å²) in [6.07, 6.45) is 8.10. The van der Waals surface area contributed by atoms with Gasteiger partial charge in [-0.15, -0.1) is 11.8 Å². The van der Waals surface area contributed by atoms with Gasteiger partial charge in [0, 0.05) is 41.2 Å². The van der Waals surface area contributed by atoms with Gasteiger partial charge in [-0.1, -0.05) is 30.3 Å². The van der Waals surface area contributed by atoms with Crippen LogP contribution in [0.3, 0.4) is 0 Å². The summed E-state index contributed by atoms with van der Waals surface area (Å²) in [5.74, 6) is 0.357. The highest BCUT2D eigenvalue weighted by atomic mass is 32.2. The molecule has 0 N–H and O–H groups in total. The first kappa shape index (κ1) is 19.0. The van der Waals surface area contributed by atoms with Crippen molar-refractivity contribution in [2.75, 3.05) is 19.3 Å². The maximum Gasteiger partial charge on any atom is 0.167 e. The van der Waals surface area contributed by atoms with E-state index in [0.717, 1.165) is 43.7 Å². The van der Waals surface area contributed by atoms with Crippen molar-refractivity contribution in [1.82, 2.24) is 14.7 Å². The van der Waals surface area contributed by atoms with Crippen molar-refractivity contribution in [2.24, 2.45) is 5.92 Å². The number of hydrogen-bond donors (Lipinski definition) is 0. The first-order valence-electron chi connectivity index (χ1n) is 9.72. The Hall–Kier alpha value is -2.37. The Kier molecular flexibility index (Phi) is 5.93. The van der Waals surface area contributed by atoms with Crippen LogP contribution in [0.15, 0.2) is 71.9 Å². The molecule has 4 nitrogen and oxygen atoms in total. The SMILES string of the molecule is CSc1ccc(C(=O)C2CCCN(Cc3cnn(-c4ccccc4)c3)C2)cc1. The van der Waals surface area contributed by atoms with Crippen LogP contribution in [-0.4, -0.2) is 39.8 Å². The highest BCUT2D eigenvalue weighted by Gasteiger charge is 2.26. The summed E-state index contributed by atoms with van der Waals surface area (Å²) in [7, 11) is 0. The molecule has 28 heavy (non-hydrogen) atoms. The summed E-state index contributed by atoms with van der Waals surface area (Å²) < 4.78 is 1.91. The molecule has 0 aliphatic carbocycles. The summed E-state index contributed by atoms with van der Waals surface area (Å²) in [6.45, 7) is 2.69. The molecular formula is C23H25N3OS. The Morgan fingerprint density at radius 2 is 1.93 bits per heavy atom. The number of hydrogen-bond acceptors (Lipinski definition) is 4. The zero-order chi connectivity index (χ0) is 19.3. The average Bonchev–Trinajstić information content (AvgIpc) is 3.22. The van der Waals surface area contributed by atoms with Crippen molar-refractivity contribution in [2.45, 2.75) is 24.3 Å². The Labute approximate surface area is 170 Å². The first-order valence-corrected chi connectivity index (χ1v) is 10.9. The number of ketones is 1. The summed E-state index contributed by atoms with van der Waals surface area (Å²) in [5.41, 5.74) is 3.08. The lowest BCUT2D eigenvalue weighted by Gasteiger charge is -2.31. The monoisotopic (exact) mass is 391 g/mol. The standard InChI is InChI=1S/C23H25N3OS/c1-28-22-11-9-19(10-12-22)23(27)20-6-5-13-25(17-20)15-18-14-24-26(16-18)21-7-3-2-4-8-21/h2-4,7-12,14,16,20H,5-6,13,15,17H2,1H3. The van der Waals surface area contributed by atoms with E-state index >= 15 is 0 Å². The third-order valence-electron chi connectivity index (χ3n) is 5.31. The van der Waals surface area contributed by atoms with Crippen LogP contribution in [0.25, 0.3) is 5.69 Å². The second kappa shape index (κ2) is 8.76. The van der Waals surface area contributed by atoms with Crippen molar-refractivity contribution in [3.63, 3.8) is 0 Å². The van der Waals surface area contributed by atoms with E-state index in [1.807, 2.05) is 53.3 Å². The number of Topliss-reactive ketones (excluding diaryl/α,β-unsaturated/α-hetero) is 1. The third kappa shape index (κ3) is 4.37. The molecule has 3 aromatic rings. The highest BCUT2D eigenvalue weighted by Crippen LogP contribution is 2.24. The second-order valence-electron chi connectivity index (χ2n) is 7.30. The minimum Gasteiger partial charge on any atom is -0.298 e. The van der Waals surface area contributed by atoms with Crippen LogP contribution in [0.2, 0.25) is 0 Å². The predicted octanol–water partition coefficient (Wildman–Crippen LogP) is 4.69. The lowest BCUT2D eigenvalue weighted by molar-refractivity contribution is 0.0811. The van der Waals surface area contributed by atoms with Gasteiger partial charge in [0.15, 0.2) is 5.78 Å². The number of carbonyl (C=O) groups excluding carboxylic acids is 1. The molecule has 2 aromatic carbocycles. The van der Waals surface area contributed by atoms with E-state index in [9.17, 15) is 4.79 Å². The molecule has 1 unspecified atom stereocenters. The number of nitrogens with zero attached hydrogens (tertiary/aromatic N) is 3. The molecule has 0 radical (unpaired) electrons. The molecule has 4 rings (SSSR count). The molecule has 0 saturated carbocycles. The number of para-hydroxylation sites is 1. The predicted molar refractivity (Wildman–Crippen MR) is 114 cm³/mol. The molecule has 0 amide bonds. The summed E-state index contributed by atoms with van der Waals surface area (Å²) >= 11 is 1.70. The highest BCUT2D eigenvalue weighted by molar-refractivity contribution is 7.98. The van der Waals surface area contributed by atoms with Gasteiger partial charge in [0.1, 0.15) is 0 Å². The number of rotatable bonds is 6. The number of aromatic nitrogens is 2. The molecule has 144 valence electrons. The van der Waals surface area contributed by atoms with Crippen molar-refractivity contribution in [3.05, 3.63) is 78.1 Å². The number of thioether (sulfide) groups is 1. The molecule has 0 bridgehead atoms. The first-order chi connectivity index (χ1) is 13.7. The lowest BCUT2D eigenvalue weighted by atomic mass is 9.90. The molecular weight excluding hydrogens is 366 g/mol. The maximum atomic E-state index is 12.9. The minimum atomic E-state index is 0.0815. The van der Waals surface area contributed by atoms with Crippen LogP contribution in [0.5, 0.6) is 0 Å². The summed E-state index contributed by atoms with van der Waals surface area (Å²) in [4.78, 5) is 16.5. The summed E-state index contributed by atoms with van der Waals surface area (Å²) in [5, 5.41) is 4.49. The van der Waals surface area contributed by atoms with Gasteiger partial charge in [-0.05, 0) is 49.9 Å². The Bertz CT molecular complexity index is 921. The van der Waals surface area contributed by atoms with Gasteiger partial charge in [0.25, 0.3) is 0 Å². The average molecular weight is 392 g/mol. The van der Waals surface area contributed by atoms with Gasteiger partial charge < -0.3 is 0 Å². The van der Waals surface area contributed by atoms with Gasteiger partial charge in [0.05, 0.1) is 11.9 Å². The number of carbonyl (C=O) groups is 1. The molecule has 1 atom stereocenters. The van der Waals surface area contributed by atoms with Crippen molar-refractivity contribution < 1.29 is 4.79 Å². The molecule has 0 spiro atoms. The van der Waals surface area contributed by atoms with Gasteiger partial charge in [-0.25, -0.2) is 4.68 Å². The number of likely N-dealkylation sites (tertiary alicyclic amines) is 1. The number of piperidine rings is 1. The molecule has 5 heteroatoms. The van der Waals surface area contributed by atoms with Crippen LogP contribution in [-0.2, 0) is 6.54 Å². The third-order valence-corrected chi connectivity index (χ3v) is 6.06. The normalized spacial score (nSPS) is 17.5. The van der Waals surface area contributed by atoms with Gasteiger partial charge in [-0.2, -0.15) is 5.10 Å². The molecule has 1 aliphatic rings. The van der Waals surface area contributed by atoms with Crippen LogP contribution >= 0.6 is 11.8 Å². The number of benzene rings is 2. The van der Waals surface area contributed by atoms with Gasteiger partial charge in [0.2, 0.25) is 0 Å². The molecule has 1 aromatic heterocycles. The van der Waals surface area contributed by atoms with E-state index in [2.05, 4.69) is 34.6 Å². The van der Waals surface area contributed by atoms with Crippen LogP contribution in [0.1, 0.15) is 28.8 Å². The molecule has 1 saturated heterocycles. The fraction of sp³-hybridized carbons (Fsp3) is 0.304. The summed E-state index contributed by atoms with van der Waals surface area (Å²) in [6, 6.07) is 18.2. The topological polar surface area (TPSA) is 38.1 Å². The Balaban J connectivity index is 1.40. The van der Waals surface area contributed by atoms with E-state index in [0.29, 0.717) is 0 Å². The zero-order valence-corrected chi connectivity index (χ0v) is 16.9. The van der Waals surface area contributed by atoms with E-state index in [-0.39, 0.29) is 11.7 Å². The van der Waals surface area contributed by atoms with Crippen LogP contribution in [0.4, 0.5) is 0 Å². The van der Waals surface area contributed by atoms with Gasteiger partial charge >= 0.3 is 0 Å². The Morgan fingerprint density at radius 3 is 2.68 bits per heavy atom. The quantitative estimate of drug-likeness (QED) is 0.451. The van der Waals surface area contributed by atoms with Crippen molar-refractivity contribution in [3.8, 4) is 5.69 Å². The smallest absolute Gasteiger partial charge is 0.167 e. The molecule has 2 heterocycles. The maximum absolute atomic E-state index is 12.9. The fourth-order valence-corrected chi connectivity index (χ4v) is 4.23. The van der Waals surface area contributed by atoms with Crippen LogP contribution < -0.4 is 0 Å². The van der Waals surface area contributed by atoms with Gasteiger partial charge in [-0.3, -0.25) is 9.69 Å². The van der Waals surface area contributed by atoms with E-state index < -0.39 is 0 Å². The molecule has 1 aliphatic heterocycles. The van der Waals surface area contributed by atoms with Crippen molar-refractivity contribution >= 4 is 17.5 Å². The van der Waals surface area contributed by atoms with E-state index in [4.69, 9.17) is 0 Å². The van der Waals surface area contributed by atoms with E-state index in [1.54, 1.807) is 11.8 Å². The Morgan fingerprint density at radius 1 is 1.14 bits per heavy atom. The largest absolute Gasteiger partial charge is 0.298 e. The van der Waals surface area contributed by atoms with Crippen molar-refractivity contribution in [1.29, 1.82) is 0 Å². The zero-order valence-electron chi connectivity index (χ0n) is 16.1. The fourth-order valence-electron chi connectivity index (χ4n) is 3.83. The lowest BCUT2D eigenvalue weighted by Crippen LogP contribution is -2.38. The van der Waals surface area contributed by atoms with E-state index in [1.165, 1.54) is 10.5 Å². The van der Waals surface area contributed by atoms with Crippen LogP contribution in [0, 0.1) is 5.92 Å².